The Hall–Kier alpha value is -2.67. The van der Waals surface area contributed by atoms with E-state index in [9.17, 15) is 9.59 Å². The molecule has 0 spiro atoms. The molecule has 2 aromatic carbocycles. The number of amides is 2. The van der Waals surface area contributed by atoms with Crippen molar-refractivity contribution in [1.82, 2.24) is 5.43 Å². The van der Waals surface area contributed by atoms with E-state index in [1.807, 2.05) is 31.2 Å². The zero-order valence-corrected chi connectivity index (χ0v) is 15.2. The minimum absolute atomic E-state index is 0.316. The molecule has 2 aromatic rings. The first kappa shape index (κ1) is 18.7. The summed E-state index contributed by atoms with van der Waals surface area (Å²) < 4.78 is 6.36. The van der Waals surface area contributed by atoms with Crippen LogP contribution in [0, 0.1) is 0 Å². The number of carbonyl (C=O) groups is 2. The molecule has 0 radical (unpaired) electrons. The van der Waals surface area contributed by atoms with E-state index >= 15 is 0 Å². The highest BCUT2D eigenvalue weighted by atomic mass is 79.9. The number of anilines is 1. The summed E-state index contributed by atoms with van der Waals surface area (Å²) in [4.78, 5) is 23.6. The van der Waals surface area contributed by atoms with Crippen LogP contribution in [0.4, 0.5) is 5.69 Å². The average Bonchev–Trinajstić information content (AvgIpc) is 2.58. The third kappa shape index (κ3) is 6.39. The van der Waals surface area contributed by atoms with Gasteiger partial charge in [0.2, 0.25) is 11.8 Å². The largest absolute Gasteiger partial charge is 0.493 e. The van der Waals surface area contributed by atoms with Crippen molar-refractivity contribution < 1.29 is 14.3 Å². The first-order valence-corrected chi connectivity index (χ1v) is 8.47. The minimum Gasteiger partial charge on any atom is -0.493 e. The van der Waals surface area contributed by atoms with Crippen LogP contribution in [0.3, 0.4) is 0 Å². The first-order chi connectivity index (χ1) is 12.1. The van der Waals surface area contributed by atoms with Crippen LogP contribution in [-0.4, -0.2) is 24.6 Å². The van der Waals surface area contributed by atoms with Crippen molar-refractivity contribution >= 4 is 39.6 Å². The van der Waals surface area contributed by atoms with Gasteiger partial charge in [-0.25, -0.2) is 5.43 Å². The molecule has 25 heavy (non-hydrogen) atoms. The van der Waals surface area contributed by atoms with Crippen molar-refractivity contribution in [3.05, 3.63) is 58.6 Å². The molecule has 0 saturated carbocycles. The highest BCUT2D eigenvalue weighted by Crippen LogP contribution is 2.21. The van der Waals surface area contributed by atoms with E-state index < -0.39 is 11.8 Å². The molecule has 0 saturated heterocycles. The highest BCUT2D eigenvalue weighted by Gasteiger charge is 2.09. The van der Waals surface area contributed by atoms with Crippen LogP contribution in [-0.2, 0) is 9.59 Å². The smallest absolute Gasteiger partial charge is 0.249 e. The summed E-state index contributed by atoms with van der Waals surface area (Å²) in [6, 6.07) is 14.4. The van der Waals surface area contributed by atoms with Crippen LogP contribution in [0.25, 0.3) is 0 Å². The molecule has 0 heterocycles. The zero-order valence-electron chi connectivity index (χ0n) is 13.7. The van der Waals surface area contributed by atoms with E-state index in [2.05, 4.69) is 31.8 Å². The van der Waals surface area contributed by atoms with Crippen molar-refractivity contribution in [2.45, 2.75) is 13.3 Å². The van der Waals surface area contributed by atoms with Crippen molar-refractivity contribution in [1.29, 1.82) is 0 Å². The van der Waals surface area contributed by atoms with Gasteiger partial charge in [0, 0.05) is 15.7 Å². The molecular formula is C18H18BrN3O3. The van der Waals surface area contributed by atoms with E-state index in [-0.39, 0.29) is 6.42 Å². The topological polar surface area (TPSA) is 79.8 Å². The summed E-state index contributed by atoms with van der Waals surface area (Å²) in [5, 5.41) is 6.52. The van der Waals surface area contributed by atoms with Gasteiger partial charge in [-0.1, -0.05) is 34.1 Å². The van der Waals surface area contributed by atoms with E-state index in [1.54, 1.807) is 24.3 Å². The fourth-order valence-electron chi connectivity index (χ4n) is 1.99. The molecule has 2 amide bonds. The maximum atomic E-state index is 11.8. The van der Waals surface area contributed by atoms with Gasteiger partial charge in [0.25, 0.3) is 0 Å². The average molecular weight is 404 g/mol. The second kappa shape index (κ2) is 9.58. The fourth-order valence-corrected chi connectivity index (χ4v) is 2.37. The number of hydrogen-bond donors (Lipinski definition) is 2. The SMILES string of the molecule is CCOc1ccc(Br)cc1C=NNC(=O)CC(=O)Nc1ccccc1. The molecule has 2 N–H and O–H groups in total. The van der Waals surface area contributed by atoms with Crippen LogP contribution in [0.2, 0.25) is 0 Å². The van der Waals surface area contributed by atoms with Crippen molar-refractivity contribution in [2.24, 2.45) is 5.10 Å². The Bertz CT molecular complexity index is 763. The monoisotopic (exact) mass is 403 g/mol. The Morgan fingerprint density at radius 1 is 1.16 bits per heavy atom. The highest BCUT2D eigenvalue weighted by molar-refractivity contribution is 9.10. The van der Waals surface area contributed by atoms with Crippen molar-refractivity contribution in [2.75, 3.05) is 11.9 Å². The predicted molar refractivity (Wildman–Crippen MR) is 101 cm³/mol. The fraction of sp³-hybridized carbons (Fsp3) is 0.167. The van der Waals surface area contributed by atoms with E-state index in [4.69, 9.17) is 4.74 Å². The molecule has 0 unspecified atom stereocenters. The van der Waals surface area contributed by atoms with Gasteiger partial charge in [-0.05, 0) is 37.3 Å². The Kier molecular flexibility index (Phi) is 7.16. The summed E-state index contributed by atoms with van der Waals surface area (Å²) in [6.45, 7) is 2.41. The lowest BCUT2D eigenvalue weighted by Crippen LogP contribution is -2.24. The molecular weight excluding hydrogens is 386 g/mol. The lowest BCUT2D eigenvalue weighted by atomic mass is 10.2. The van der Waals surface area contributed by atoms with Gasteiger partial charge < -0.3 is 10.1 Å². The number of halogens is 1. The first-order valence-electron chi connectivity index (χ1n) is 7.67. The normalized spacial score (nSPS) is 10.5. The molecule has 6 nitrogen and oxygen atoms in total. The number of ether oxygens (including phenoxy) is 1. The lowest BCUT2D eigenvalue weighted by molar-refractivity contribution is -0.126. The lowest BCUT2D eigenvalue weighted by Gasteiger charge is -2.07. The van der Waals surface area contributed by atoms with Crippen molar-refractivity contribution in [3.8, 4) is 5.75 Å². The maximum Gasteiger partial charge on any atom is 0.249 e. The predicted octanol–water partition coefficient (Wildman–Crippen LogP) is 3.33. The van der Waals surface area contributed by atoms with Crippen LogP contribution in [0.1, 0.15) is 18.9 Å². The van der Waals surface area contributed by atoms with E-state index in [0.717, 1.165) is 4.47 Å². The molecule has 0 atom stereocenters. The Balaban J connectivity index is 1.88. The van der Waals surface area contributed by atoms with Gasteiger partial charge in [0.1, 0.15) is 12.2 Å². The molecule has 0 aliphatic heterocycles. The molecule has 0 aromatic heterocycles. The second-order valence-corrected chi connectivity index (χ2v) is 5.91. The number of rotatable bonds is 7. The third-order valence-corrected chi connectivity index (χ3v) is 3.54. The van der Waals surface area contributed by atoms with E-state index in [1.165, 1.54) is 6.21 Å². The summed E-state index contributed by atoms with van der Waals surface area (Å²) >= 11 is 3.38. The number of para-hydroxylation sites is 1. The minimum atomic E-state index is -0.502. The molecule has 130 valence electrons. The summed E-state index contributed by atoms with van der Waals surface area (Å²) in [6.07, 6.45) is 1.16. The van der Waals surface area contributed by atoms with Crippen LogP contribution in [0.5, 0.6) is 5.75 Å². The molecule has 0 aliphatic carbocycles. The second-order valence-electron chi connectivity index (χ2n) is 5.00. The van der Waals surface area contributed by atoms with Crippen molar-refractivity contribution in [3.63, 3.8) is 0 Å². The number of hydrogen-bond acceptors (Lipinski definition) is 4. The number of nitrogens with one attached hydrogen (secondary N) is 2. The summed E-state index contributed by atoms with van der Waals surface area (Å²) in [5.41, 5.74) is 3.69. The molecule has 2 rings (SSSR count). The third-order valence-electron chi connectivity index (χ3n) is 3.04. The quantitative estimate of drug-likeness (QED) is 0.422. The van der Waals surface area contributed by atoms with Crippen LogP contribution < -0.4 is 15.5 Å². The summed E-state index contributed by atoms with van der Waals surface area (Å²) in [7, 11) is 0. The maximum absolute atomic E-state index is 11.8. The Morgan fingerprint density at radius 2 is 1.92 bits per heavy atom. The van der Waals surface area contributed by atoms with Gasteiger partial charge >= 0.3 is 0 Å². The summed E-state index contributed by atoms with van der Waals surface area (Å²) in [5.74, 6) is -0.250. The molecule has 0 fully saturated rings. The van der Waals surface area contributed by atoms with Crippen LogP contribution >= 0.6 is 15.9 Å². The molecule has 7 heteroatoms. The molecule has 0 bridgehead atoms. The van der Waals surface area contributed by atoms with Gasteiger partial charge in [-0.15, -0.1) is 0 Å². The van der Waals surface area contributed by atoms with Gasteiger partial charge in [0.15, 0.2) is 0 Å². The van der Waals surface area contributed by atoms with Gasteiger partial charge in [0.05, 0.1) is 12.8 Å². The Labute approximate surface area is 154 Å². The Morgan fingerprint density at radius 3 is 2.64 bits per heavy atom. The van der Waals surface area contributed by atoms with Gasteiger partial charge in [-0.2, -0.15) is 5.10 Å². The number of benzene rings is 2. The zero-order chi connectivity index (χ0) is 18.1. The van der Waals surface area contributed by atoms with E-state index in [0.29, 0.717) is 23.6 Å². The van der Waals surface area contributed by atoms with Gasteiger partial charge in [-0.3, -0.25) is 9.59 Å². The number of hydrazone groups is 1. The number of carbonyl (C=O) groups excluding carboxylic acids is 2. The number of nitrogens with zero attached hydrogens (tertiary/aromatic N) is 1. The standard InChI is InChI=1S/C18H18BrN3O3/c1-2-25-16-9-8-14(19)10-13(16)12-20-22-18(24)11-17(23)21-15-6-4-3-5-7-15/h3-10,12H,2,11H2,1H3,(H,21,23)(H,22,24). The molecule has 0 aliphatic rings. The van der Waals surface area contributed by atoms with Crippen LogP contribution in [0.15, 0.2) is 58.1 Å².